The molecule has 1 aromatic carbocycles. The second-order valence-corrected chi connectivity index (χ2v) is 8.37. The lowest BCUT2D eigenvalue weighted by Crippen LogP contribution is -2.45. The summed E-state index contributed by atoms with van der Waals surface area (Å²) in [4.78, 5) is -0.272. The van der Waals surface area contributed by atoms with Crippen LogP contribution in [-0.2, 0) is 16.6 Å². The summed E-state index contributed by atoms with van der Waals surface area (Å²) >= 11 is 1.68. The molecule has 0 atom stereocenters. The lowest BCUT2D eigenvalue weighted by atomic mass is 9.84. The SMILES string of the molecule is CNCc1ccc(F)c(S(=O)(=O)NCC2(SC)CCC2)c1. The smallest absolute Gasteiger partial charge is 0.243 e. The lowest BCUT2D eigenvalue weighted by molar-refractivity contribution is 0.361. The van der Waals surface area contributed by atoms with Crippen LogP contribution in [0.25, 0.3) is 0 Å². The van der Waals surface area contributed by atoms with Gasteiger partial charge in [0.2, 0.25) is 10.0 Å². The van der Waals surface area contributed by atoms with Crippen LogP contribution >= 0.6 is 11.8 Å². The standard InChI is InChI=1S/C14H21FN2O2S2/c1-16-9-11-4-5-12(15)13(8-11)21(18,19)17-10-14(20-2)6-3-7-14/h4-5,8,16-17H,3,6-7,9-10H2,1-2H3. The Kier molecular flexibility index (Phi) is 5.29. The van der Waals surface area contributed by atoms with Crippen molar-refractivity contribution in [3.05, 3.63) is 29.6 Å². The summed E-state index contributed by atoms with van der Waals surface area (Å²) in [5.41, 5.74) is 0.738. The summed E-state index contributed by atoms with van der Waals surface area (Å²) in [6, 6.07) is 4.18. The molecule has 0 bridgehead atoms. The minimum absolute atomic E-state index is 0.0217. The first-order valence-corrected chi connectivity index (χ1v) is 9.61. The molecule has 0 aromatic heterocycles. The largest absolute Gasteiger partial charge is 0.316 e. The Morgan fingerprint density at radius 1 is 1.38 bits per heavy atom. The van der Waals surface area contributed by atoms with E-state index in [1.807, 2.05) is 6.26 Å². The maximum absolute atomic E-state index is 13.9. The quantitative estimate of drug-likeness (QED) is 0.803. The van der Waals surface area contributed by atoms with Crippen molar-refractivity contribution in [2.45, 2.75) is 35.4 Å². The number of sulfonamides is 1. The first kappa shape index (κ1) is 16.7. The second kappa shape index (κ2) is 6.64. The van der Waals surface area contributed by atoms with Gasteiger partial charge in [0.15, 0.2) is 0 Å². The molecular formula is C14H21FN2O2S2. The van der Waals surface area contributed by atoms with Crippen LogP contribution in [0.1, 0.15) is 24.8 Å². The summed E-state index contributed by atoms with van der Waals surface area (Å²) in [5.74, 6) is -0.714. The van der Waals surface area contributed by atoms with E-state index in [0.717, 1.165) is 24.8 Å². The Morgan fingerprint density at radius 2 is 2.10 bits per heavy atom. The van der Waals surface area contributed by atoms with Crippen LogP contribution in [0.4, 0.5) is 4.39 Å². The van der Waals surface area contributed by atoms with E-state index in [0.29, 0.717) is 13.1 Å². The molecule has 7 heteroatoms. The van der Waals surface area contributed by atoms with Crippen LogP contribution in [0.3, 0.4) is 0 Å². The van der Waals surface area contributed by atoms with E-state index in [2.05, 4.69) is 10.0 Å². The highest BCUT2D eigenvalue weighted by Gasteiger charge is 2.37. The Bertz CT molecular complexity index is 595. The maximum atomic E-state index is 13.9. The molecule has 1 saturated carbocycles. The van der Waals surface area contributed by atoms with Gasteiger partial charge in [0.1, 0.15) is 10.7 Å². The molecule has 0 heterocycles. The number of rotatable bonds is 7. The first-order valence-electron chi connectivity index (χ1n) is 6.90. The third-order valence-corrected chi connectivity index (χ3v) is 6.78. The molecule has 1 fully saturated rings. The Balaban J connectivity index is 2.17. The molecule has 0 unspecified atom stereocenters. The number of hydrogen-bond acceptors (Lipinski definition) is 4. The summed E-state index contributed by atoms with van der Waals surface area (Å²) < 4.78 is 41.1. The van der Waals surface area contributed by atoms with Gasteiger partial charge in [-0.1, -0.05) is 12.5 Å². The molecule has 0 radical (unpaired) electrons. The van der Waals surface area contributed by atoms with Crippen LogP contribution in [-0.4, -0.2) is 33.0 Å². The number of halogens is 1. The van der Waals surface area contributed by atoms with E-state index in [-0.39, 0.29) is 9.64 Å². The van der Waals surface area contributed by atoms with Crippen LogP contribution in [0.2, 0.25) is 0 Å². The lowest BCUT2D eigenvalue weighted by Gasteiger charge is -2.40. The summed E-state index contributed by atoms with van der Waals surface area (Å²) in [7, 11) is -2.06. The fraction of sp³-hybridized carbons (Fsp3) is 0.571. The molecule has 21 heavy (non-hydrogen) atoms. The predicted molar refractivity (Wildman–Crippen MR) is 84.4 cm³/mol. The minimum atomic E-state index is -3.82. The molecule has 2 N–H and O–H groups in total. The van der Waals surface area contributed by atoms with Crippen LogP contribution < -0.4 is 10.0 Å². The van der Waals surface area contributed by atoms with Crippen molar-refractivity contribution in [1.29, 1.82) is 0 Å². The molecule has 0 aliphatic heterocycles. The monoisotopic (exact) mass is 332 g/mol. The average molecular weight is 332 g/mol. The third kappa shape index (κ3) is 3.77. The predicted octanol–water partition coefficient (Wildman–Crippen LogP) is 2.11. The number of benzene rings is 1. The fourth-order valence-corrected chi connectivity index (χ4v) is 4.65. The summed E-state index contributed by atoms with van der Waals surface area (Å²) in [5, 5.41) is 2.92. The van der Waals surface area contributed by atoms with Gasteiger partial charge in [-0.2, -0.15) is 11.8 Å². The van der Waals surface area contributed by atoms with Gasteiger partial charge in [0.05, 0.1) is 0 Å². The second-order valence-electron chi connectivity index (χ2n) is 5.36. The van der Waals surface area contributed by atoms with E-state index in [4.69, 9.17) is 0 Å². The van der Waals surface area contributed by atoms with Gasteiger partial charge in [-0.15, -0.1) is 0 Å². The molecule has 118 valence electrons. The highest BCUT2D eigenvalue weighted by Crippen LogP contribution is 2.42. The fourth-order valence-electron chi connectivity index (χ4n) is 2.40. The van der Waals surface area contributed by atoms with E-state index < -0.39 is 15.8 Å². The zero-order chi connectivity index (χ0) is 15.5. The number of nitrogens with one attached hydrogen (secondary N) is 2. The molecule has 0 amide bonds. The van der Waals surface area contributed by atoms with Gasteiger partial charge in [-0.3, -0.25) is 0 Å². The first-order chi connectivity index (χ1) is 9.92. The van der Waals surface area contributed by atoms with Crippen molar-refractivity contribution >= 4 is 21.8 Å². The Morgan fingerprint density at radius 3 is 2.62 bits per heavy atom. The molecule has 1 aliphatic carbocycles. The molecule has 2 rings (SSSR count). The molecule has 1 aliphatic rings. The Labute approximate surface area is 129 Å². The van der Waals surface area contributed by atoms with Gasteiger partial charge in [0, 0.05) is 17.8 Å². The van der Waals surface area contributed by atoms with Gasteiger partial charge in [-0.25, -0.2) is 17.5 Å². The summed E-state index contributed by atoms with van der Waals surface area (Å²) in [6.07, 6.45) is 5.11. The molecule has 0 saturated heterocycles. The van der Waals surface area contributed by atoms with Crippen LogP contribution in [0, 0.1) is 5.82 Å². The van der Waals surface area contributed by atoms with E-state index >= 15 is 0 Å². The third-order valence-electron chi connectivity index (χ3n) is 3.95. The van der Waals surface area contributed by atoms with Crippen LogP contribution in [0.15, 0.2) is 23.1 Å². The Hall–Kier alpha value is -0.630. The normalized spacial score (nSPS) is 17.5. The van der Waals surface area contributed by atoms with Crippen molar-refractivity contribution < 1.29 is 12.8 Å². The van der Waals surface area contributed by atoms with Gasteiger partial charge in [-0.05, 0) is 43.8 Å². The van der Waals surface area contributed by atoms with Gasteiger partial charge < -0.3 is 5.32 Å². The van der Waals surface area contributed by atoms with E-state index in [1.54, 1.807) is 24.9 Å². The number of hydrogen-bond donors (Lipinski definition) is 2. The zero-order valence-electron chi connectivity index (χ0n) is 12.3. The molecule has 4 nitrogen and oxygen atoms in total. The highest BCUT2D eigenvalue weighted by atomic mass is 32.2. The van der Waals surface area contributed by atoms with Gasteiger partial charge >= 0.3 is 0 Å². The minimum Gasteiger partial charge on any atom is -0.316 e. The van der Waals surface area contributed by atoms with Gasteiger partial charge in [0.25, 0.3) is 0 Å². The maximum Gasteiger partial charge on any atom is 0.243 e. The van der Waals surface area contributed by atoms with Crippen molar-refractivity contribution in [2.75, 3.05) is 19.8 Å². The van der Waals surface area contributed by atoms with Crippen LogP contribution in [0.5, 0.6) is 0 Å². The van der Waals surface area contributed by atoms with E-state index in [9.17, 15) is 12.8 Å². The van der Waals surface area contributed by atoms with E-state index in [1.165, 1.54) is 12.1 Å². The zero-order valence-corrected chi connectivity index (χ0v) is 13.9. The van der Waals surface area contributed by atoms with Crippen molar-refractivity contribution in [1.82, 2.24) is 10.0 Å². The molecule has 1 aromatic rings. The topological polar surface area (TPSA) is 58.2 Å². The average Bonchev–Trinajstić information content (AvgIpc) is 2.40. The van der Waals surface area contributed by atoms with Crippen molar-refractivity contribution in [2.24, 2.45) is 0 Å². The van der Waals surface area contributed by atoms with Crippen molar-refractivity contribution in [3.63, 3.8) is 0 Å². The van der Waals surface area contributed by atoms with Crippen molar-refractivity contribution in [3.8, 4) is 0 Å². The number of thioether (sulfide) groups is 1. The molecular weight excluding hydrogens is 311 g/mol. The highest BCUT2D eigenvalue weighted by molar-refractivity contribution is 8.00. The molecule has 0 spiro atoms. The summed E-state index contributed by atoms with van der Waals surface area (Å²) in [6.45, 7) is 0.851.